The van der Waals surface area contributed by atoms with Crippen LogP contribution in [-0.4, -0.2) is 23.0 Å². The quantitative estimate of drug-likeness (QED) is 0.880. The molecule has 0 aliphatic heterocycles. The van der Waals surface area contributed by atoms with E-state index in [0.717, 1.165) is 22.1 Å². The number of carboxylic acids is 1. The van der Waals surface area contributed by atoms with Crippen LogP contribution < -0.4 is 5.32 Å². The van der Waals surface area contributed by atoms with Crippen molar-refractivity contribution in [1.82, 2.24) is 5.32 Å². The number of amides is 1. The van der Waals surface area contributed by atoms with Crippen LogP contribution in [0, 0.1) is 6.92 Å². The highest BCUT2D eigenvalue weighted by Gasteiger charge is 2.16. The molecule has 1 atom stereocenters. The molecule has 0 saturated heterocycles. The van der Waals surface area contributed by atoms with Crippen molar-refractivity contribution in [3.05, 3.63) is 35.6 Å². The summed E-state index contributed by atoms with van der Waals surface area (Å²) < 4.78 is 5.39. The summed E-state index contributed by atoms with van der Waals surface area (Å²) in [7, 11) is 0. The third kappa shape index (κ3) is 2.93. The first-order chi connectivity index (χ1) is 8.97. The third-order valence-corrected chi connectivity index (χ3v) is 2.91. The molecule has 100 valence electrons. The molecule has 1 aromatic heterocycles. The van der Waals surface area contributed by atoms with Crippen LogP contribution in [0.1, 0.15) is 18.1 Å². The molecular weight excluding hydrogens is 246 g/mol. The number of rotatable bonds is 4. The molecule has 0 bridgehead atoms. The predicted octanol–water partition coefficient (Wildman–Crippen LogP) is 1.87. The van der Waals surface area contributed by atoms with Gasteiger partial charge in [0.05, 0.1) is 12.7 Å². The third-order valence-electron chi connectivity index (χ3n) is 2.91. The van der Waals surface area contributed by atoms with Crippen molar-refractivity contribution in [3.8, 4) is 0 Å². The molecule has 0 radical (unpaired) electrons. The topological polar surface area (TPSA) is 79.5 Å². The first-order valence-corrected chi connectivity index (χ1v) is 5.96. The van der Waals surface area contributed by atoms with Gasteiger partial charge in [-0.05, 0) is 25.5 Å². The molecule has 2 aromatic rings. The van der Waals surface area contributed by atoms with E-state index in [1.54, 1.807) is 0 Å². The molecule has 1 heterocycles. The molecule has 2 rings (SSSR count). The van der Waals surface area contributed by atoms with E-state index >= 15 is 0 Å². The molecule has 19 heavy (non-hydrogen) atoms. The Morgan fingerprint density at radius 1 is 1.42 bits per heavy atom. The monoisotopic (exact) mass is 261 g/mol. The molecule has 0 aliphatic carbocycles. The van der Waals surface area contributed by atoms with Crippen LogP contribution in [-0.2, 0) is 16.0 Å². The second kappa shape index (κ2) is 5.14. The summed E-state index contributed by atoms with van der Waals surface area (Å²) in [6.45, 7) is 3.39. The summed E-state index contributed by atoms with van der Waals surface area (Å²) in [6, 6.07) is 4.85. The first kappa shape index (κ1) is 13.1. The van der Waals surface area contributed by atoms with Crippen molar-refractivity contribution in [2.24, 2.45) is 0 Å². The Kier molecular flexibility index (Phi) is 3.55. The molecule has 5 heteroatoms. The number of hydrogen-bond acceptors (Lipinski definition) is 3. The van der Waals surface area contributed by atoms with Crippen LogP contribution in [0.5, 0.6) is 0 Å². The molecule has 0 unspecified atom stereocenters. The minimum Gasteiger partial charge on any atom is -0.480 e. The SMILES string of the molecule is Cc1ccc2c(CC(=O)N[C@H](C)C(=O)O)coc2c1. The van der Waals surface area contributed by atoms with Crippen molar-refractivity contribution in [1.29, 1.82) is 0 Å². The molecule has 5 nitrogen and oxygen atoms in total. The smallest absolute Gasteiger partial charge is 0.325 e. The minimum atomic E-state index is -1.05. The lowest BCUT2D eigenvalue weighted by Gasteiger charge is -2.08. The Balaban J connectivity index is 2.13. The fraction of sp³-hybridized carbons (Fsp3) is 0.286. The van der Waals surface area contributed by atoms with E-state index in [9.17, 15) is 9.59 Å². The van der Waals surface area contributed by atoms with Gasteiger partial charge in [-0.3, -0.25) is 9.59 Å². The molecule has 1 amide bonds. The zero-order chi connectivity index (χ0) is 14.0. The van der Waals surface area contributed by atoms with Gasteiger partial charge >= 0.3 is 5.97 Å². The summed E-state index contributed by atoms with van der Waals surface area (Å²) in [4.78, 5) is 22.4. The van der Waals surface area contributed by atoms with E-state index < -0.39 is 12.0 Å². The van der Waals surface area contributed by atoms with Crippen molar-refractivity contribution >= 4 is 22.8 Å². The van der Waals surface area contributed by atoms with Crippen LogP contribution in [0.3, 0.4) is 0 Å². The van der Waals surface area contributed by atoms with Crippen LogP contribution in [0.25, 0.3) is 11.0 Å². The summed E-state index contributed by atoms with van der Waals surface area (Å²) in [5.41, 5.74) is 2.57. The molecule has 0 saturated carbocycles. The number of carbonyl (C=O) groups is 2. The summed E-state index contributed by atoms with van der Waals surface area (Å²) in [5.74, 6) is -1.39. The van der Waals surface area contributed by atoms with Gasteiger partial charge in [-0.25, -0.2) is 0 Å². The largest absolute Gasteiger partial charge is 0.480 e. The predicted molar refractivity (Wildman–Crippen MR) is 69.9 cm³/mol. The fourth-order valence-corrected chi connectivity index (χ4v) is 1.85. The second-order valence-electron chi connectivity index (χ2n) is 4.56. The highest BCUT2D eigenvalue weighted by Crippen LogP contribution is 2.22. The maximum Gasteiger partial charge on any atom is 0.325 e. The molecular formula is C14H15NO4. The van der Waals surface area contributed by atoms with E-state index in [-0.39, 0.29) is 12.3 Å². The minimum absolute atomic E-state index is 0.105. The van der Waals surface area contributed by atoms with Gasteiger partial charge in [-0.1, -0.05) is 12.1 Å². The standard InChI is InChI=1S/C14H15NO4/c1-8-3-4-11-10(7-19-12(11)5-8)6-13(16)15-9(2)14(17)18/h3-5,7,9H,6H2,1-2H3,(H,15,16)(H,17,18)/t9-/m1/s1. The van der Waals surface area contributed by atoms with E-state index in [1.165, 1.54) is 13.2 Å². The van der Waals surface area contributed by atoms with Gasteiger partial charge in [0.25, 0.3) is 0 Å². The normalized spacial score (nSPS) is 12.3. The Labute approximate surface area is 110 Å². The molecule has 1 aromatic carbocycles. The number of aliphatic carboxylic acids is 1. The lowest BCUT2D eigenvalue weighted by atomic mass is 10.1. The Morgan fingerprint density at radius 2 is 2.16 bits per heavy atom. The summed E-state index contributed by atoms with van der Waals surface area (Å²) in [5, 5.41) is 12.0. The second-order valence-corrected chi connectivity index (χ2v) is 4.56. The van der Waals surface area contributed by atoms with E-state index in [2.05, 4.69) is 5.32 Å². The fourth-order valence-electron chi connectivity index (χ4n) is 1.85. The van der Waals surface area contributed by atoms with Gasteiger partial charge in [0.1, 0.15) is 11.6 Å². The Morgan fingerprint density at radius 3 is 2.84 bits per heavy atom. The maximum absolute atomic E-state index is 11.7. The number of aryl methyl sites for hydroxylation is 1. The van der Waals surface area contributed by atoms with Crippen LogP contribution in [0.15, 0.2) is 28.9 Å². The molecule has 2 N–H and O–H groups in total. The summed E-state index contributed by atoms with van der Waals surface area (Å²) >= 11 is 0. The molecule has 0 aliphatic rings. The van der Waals surface area contributed by atoms with Gasteiger partial charge in [0.15, 0.2) is 0 Å². The highest BCUT2D eigenvalue weighted by molar-refractivity contribution is 5.89. The average Bonchev–Trinajstić information content (AvgIpc) is 2.71. The Bertz CT molecular complexity index is 629. The van der Waals surface area contributed by atoms with Crippen LogP contribution in [0.4, 0.5) is 0 Å². The number of carboxylic acid groups (broad SMARTS) is 1. The van der Waals surface area contributed by atoms with Gasteiger partial charge in [-0.2, -0.15) is 0 Å². The van der Waals surface area contributed by atoms with Crippen molar-refractivity contribution < 1.29 is 19.1 Å². The van der Waals surface area contributed by atoms with Crippen LogP contribution >= 0.6 is 0 Å². The molecule has 0 fully saturated rings. The van der Waals surface area contributed by atoms with Crippen LogP contribution in [0.2, 0.25) is 0 Å². The lowest BCUT2D eigenvalue weighted by molar-refractivity contribution is -0.141. The van der Waals surface area contributed by atoms with Crippen molar-refractivity contribution in [3.63, 3.8) is 0 Å². The van der Waals surface area contributed by atoms with Gasteiger partial charge < -0.3 is 14.8 Å². The number of carbonyl (C=O) groups excluding carboxylic acids is 1. The van der Waals surface area contributed by atoms with Crippen molar-refractivity contribution in [2.75, 3.05) is 0 Å². The molecule has 0 spiro atoms. The van der Waals surface area contributed by atoms with Gasteiger partial charge in [0, 0.05) is 10.9 Å². The summed E-state index contributed by atoms with van der Waals surface area (Å²) in [6.07, 6.45) is 1.64. The van der Waals surface area contributed by atoms with E-state index in [4.69, 9.17) is 9.52 Å². The zero-order valence-corrected chi connectivity index (χ0v) is 10.8. The first-order valence-electron chi connectivity index (χ1n) is 5.96. The van der Waals surface area contributed by atoms with Gasteiger partial charge in [0.2, 0.25) is 5.91 Å². The zero-order valence-electron chi connectivity index (χ0n) is 10.8. The van der Waals surface area contributed by atoms with Gasteiger partial charge in [-0.15, -0.1) is 0 Å². The number of hydrogen-bond donors (Lipinski definition) is 2. The number of nitrogens with one attached hydrogen (secondary N) is 1. The number of fused-ring (bicyclic) bond motifs is 1. The number of furan rings is 1. The Hall–Kier alpha value is -2.30. The lowest BCUT2D eigenvalue weighted by Crippen LogP contribution is -2.39. The highest BCUT2D eigenvalue weighted by atomic mass is 16.4. The van der Waals surface area contributed by atoms with E-state index in [1.807, 2.05) is 25.1 Å². The maximum atomic E-state index is 11.7. The van der Waals surface area contributed by atoms with Crippen molar-refractivity contribution in [2.45, 2.75) is 26.3 Å². The average molecular weight is 261 g/mol. The van der Waals surface area contributed by atoms with E-state index in [0.29, 0.717) is 0 Å². The number of benzene rings is 1.